The number of nitrogens with zero attached hydrogens (tertiary/aromatic N) is 3. The van der Waals surface area contributed by atoms with E-state index in [1.807, 2.05) is 11.8 Å². The predicted molar refractivity (Wildman–Crippen MR) is 99.4 cm³/mol. The summed E-state index contributed by atoms with van der Waals surface area (Å²) in [4.78, 5) is 29.2. The third kappa shape index (κ3) is 3.97. The van der Waals surface area contributed by atoms with E-state index in [1.54, 1.807) is 17.5 Å². The molecule has 1 saturated heterocycles. The van der Waals surface area contributed by atoms with Crippen LogP contribution in [0.4, 0.5) is 5.69 Å². The maximum Gasteiger partial charge on any atom is 0.273 e. The Labute approximate surface area is 155 Å². The number of piperazine rings is 1. The van der Waals surface area contributed by atoms with E-state index >= 15 is 0 Å². The van der Waals surface area contributed by atoms with E-state index in [9.17, 15) is 14.9 Å². The third-order valence-corrected chi connectivity index (χ3v) is 5.23. The van der Waals surface area contributed by atoms with Crippen LogP contribution >= 0.6 is 23.7 Å². The zero-order chi connectivity index (χ0) is 17.3. The summed E-state index contributed by atoms with van der Waals surface area (Å²) < 4.78 is 0. The molecule has 1 aromatic heterocycles. The van der Waals surface area contributed by atoms with Crippen molar-refractivity contribution in [2.45, 2.75) is 25.9 Å². The summed E-state index contributed by atoms with van der Waals surface area (Å²) in [5.74, 6) is -0.0692. The molecule has 1 amide bonds. The van der Waals surface area contributed by atoms with Gasteiger partial charge in [0.05, 0.1) is 4.92 Å². The Kier molecular flexibility index (Phi) is 6.10. The lowest BCUT2D eigenvalue weighted by Gasteiger charge is -2.38. The van der Waals surface area contributed by atoms with Crippen LogP contribution in [0.5, 0.6) is 0 Å². The normalized spacial score (nSPS) is 20.0. The highest BCUT2D eigenvalue weighted by Crippen LogP contribution is 2.26. The van der Waals surface area contributed by atoms with Gasteiger partial charge in [-0.1, -0.05) is 0 Å². The maximum absolute atomic E-state index is 12.7. The minimum absolute atomic E-state index is 0. The molecule has 0 saturated carbocycles. The van der Waals surface area contributed by atoms with E-state index in [-0.39, 0.29) is 36.1 Å². The number of nitrogens with one attached hydrogen (secondary N) is 1. The van der Waals surface area contributed by atoms with Crippen molar-refractivity contribution in [3.8, 4) is 10.6 Å². The van der Waals surface area contributed by atoms with Gasteiger partial charge < -0.3 is 10.2 Å². The van der Waals surface area contributed by atoms with Crippen LogP contribution in [0.25, 0.3) is 10.6 Å². The molecule has 2 aromatic rings. The molecule has 9 heteroatoms. The molecule has 1 aliphatic heterocycles. The molecule has 134 valence electrons. The Morgan fingerprint density at radius 3 is 2.68 bits per heavy atom. The molecule has 1 aliphatic rings. The fraction of sp³-hybridized carbons (Fsp3) is 0.375. The molecule has 2 unspecified atom stereocenters. The highest BCUT2D eigenvalue weighted by Gasteiger charge is 2.30. The van der Waals surface area contributed by atoms with Crippen LogP contribution in [0, 0.1) is 10.1 Å². The van der Waals surface area contributed by atoms with Crippen molar-refractivity contribution in [3.05, 3.63) is 45.5 Å². The number of rotatable bonds is 3. The molecular formula is C16H19ClN4O3S. The third-order valence-electron chi connectivity index (χ3n) is 4.34. The van der Waals surface area contributed by atoms with E-state index in [0.29, 0.717) is 17.2 Å². The van der Waals surface area contributed by atoms with Crippen LogP contribution < -0.4 is 5.32 Å². The molecule has 1 fully saturated rings. The summed E-state index contributed by atoms with van der Waals surface area (Å²) in [7, 11) is 0. The van der Waals surface area contributed by atoms with Crippen LogP contribution in [0.1, 0.15) is 24.3 Å². The summed E-state index contributed by atoms with van der Waals surface area (Å²) in [5, 5.41) is 16.5. The van der Waals surface area contributed by atoms with Crippen molar-refractivity contribution in [2.75, 3.05) is 13.1 Å². The van der Waals surface area contributed by atoms with Gasteiger partial charge in [-0.15, -0.1) is 23.7 Å². The lowest BCUT2D eigenvalue weighted by Crippen LogP contribution is -2.57. The summed E-state index contributed by atoms with van der Waals surface area (Å²) in [6, 6.07) is 6.55. The summed E-state index contributed by atoms with van der Waals surface area (Å²) in [6.45, 7) is 5.52. The highest BCUT2D eigenvalue weighted by molar-refractivity contribution is 7.13. The van der Waals surface area contributed by atoms with Crippen molar-refractivity contribution in [1.29, 1.82) is 0 Å². The number of thiazole rings is 1. The molecule has 0 bridgehead atoms. The molecule has 1 N–H and O–H groups in total. The van der Waals surface area contributed by atoms with Crippen molar-refractivity contribution < 1.29 is 9.72 Å². The number of non-ortho nitro benzene ring substituents is 1. The Hall–Kier alpha value is -2.03. The first-order chi connectivity index (χ1) is 11.5. The van der Waals surface area contributed by atoms with Crippen LogP contribution in [-0.4, -0.2) is 45.9 Å². The average Bonchev–Trinajstić information content (AvgIpc) is 3.07. The highest BCUT2D eigenvalue weighted by atomic mass is 35.5. The smallest absolute Gasteiger partial charge is 0.273 e. The largest absolute Gasteiger partial charge is 0.332 e. The minimum Gasteiger partial charge on any atom is -0.332 e. The number of hydrogen-bond donors (Lipinski definition) is 1. The molecular weight excluding hydrogens is 364 g/mol. The van der Waals surface area contributed by atoms with Crippen LogP contribution in [-0.2, 0) is 0 Å². The van der Waals surface area contributed by atoms with Crippen molar-refractivity contribution in [1.82, 2.24) is 15.2 Å². The second kappa shape index (κ2) is 7.90. The molecule has 2 heterocycles. The number of carbonyl (C=O) groups is 1. The Morgan fingerprint density at radius 2 is 2.04 bits per heavy atom. The van der Waals surface area contributed by atoms with E-state index in [4.69, 9.17) is 0 Å². The molecule has 0 radical (unpaired) electrons. The Bertz CT molecular complexity index is 765. The van der Waals surface area contributed by atoms with Gasteiger partial charge in [-0.05, 0) is 26.0 Å². The number of nitro groups is 1. The number of hydrogen-bond acceptors (Lipinski definition) is 6. The number of halogens is 1. The van der Waals surface area contributed by atoms with E-state index < -0.39 is 4.92 Å². The van der Waals surface area contributed by atoms with Gasteiger partial charge >= 0.3 is 0 Å². The molecule has 0 spiro atoms. The van der Waals surface area contributed by atoms with Gasteiger partial charge in [0.15, 0.2) is 0 Å². The minimum atomic E-state index is -0.437. The molecule has 1 aromatic carbocycles. The zero-order valence-corrected chi connectivity index (χ0v) is 15.5. The van der Waals surface area contributed by atoms with Crippen molar-refractivity contribution in [3.63, 3.8) is 0 Å². The summed E-state index contributed by atoms with van der Waals surface area (Å²) >= 11 is 1.37. The van der Waals surface area contributed by atoms with Crippen LogP contribution in [0.3, 0.4) is 0 Å². The average molecular weight is 383 g/mol. The number of aromatic nitrogens is 1. The fourth-order valence-electron chi connectivity index (χ4n) is 2.72. The number of benzene rings is 1. The Balaban J connectivity index is 0.00000225. The van der Waals surface area contributed by atoms with Gasteiger partial charge in [0, 0.05) is 48.2 Å². The molecule has 3 rings (SSSR count). The van der Waals surface area contributed by atoms with Crippen LogP contribution in [0.15, 0.2) is 29.6 Å². The van der Waals surface area contributed by atoms with Gasteiger partial charge in [0.25, 0.3) is 11.6 Å². The lowest BCUT2D eigenvalue weighted by atomic mass is 10.1. The van der Waals surface area contributed by atoms with Gasteiger partial charge in [0.1, 0.15) is 10.7 Å². The topological polar surface area (TPSA) is 88.4 Å². The van der Waals surface area contributed by atoms with Crippen molar-refractivity contribution >= 4 is 35.3 Å². The van der Waals surface area contributed by atoms with Gasteiger partial charge in [0.2, 0.25) is 0 Å². The molecule has 25 heavy (non-hydrogen) atoms. The quantitative estimate of drug-likeness (QED) is 0.651. The number of amides is 1. The second-order valence-electron chi connectivity index (χ2n) is 5.82. The first-order valence-corrected chi connectivity index (χ1v) is 8.60. The zero-order valence-electron chi connectivity index (χ0n) is 13.8. The van der Waals surface area contributed by atoms with Gasteiger partial charge in [-0.25, -0.2) is 4.98 Å². The lowest BCUT2D eigenvalue weighted by molar-refractivity contribution is -0.384. The number of carbonyl (C=O) groups excluding carboxylic acids is 1. The first-order valence-electron chi connectivity index (χ1n) is 7.72. The molecule has 2 atom stereocenters. The summed E-state index contributed by atoms with van der Waals surface area (Å²) in [6.07, 6.45) is 0. The second-order valence-corrected chi connectivity index (χ2v) is 6.68. The Morgan fingerprint density at radius 1 is 1.36 bits per heavy atom. The SMILES string of the molecule is CC1NCCN(C(=O)c2csc(-c3ccc([N+](=O)[O-])cc3)n2)C1C.Cl. The summed E-state index contributed by atoms with van der Waals surface area (Å²) in [5.41, 5.74) is 1.23. The number of nitro benzene ring substituents is 1. The van der Waals surface area contributed by atoms with E-state index in [2.05, 4.69) is 17.2 Å². The maximum atomic E-state index is 12.7. The van der Waals surface area contributed by atoms with E-state index in [1.165, 1.54) is 23.5 Å². The first kappa shape index (κ1) is 19.3. The van der Waals surface area contributed by atoms with Crippen LogP contribution in [0.2, 0.25) is 0 Å². The molecule has 7 nitrogen and oxygen atoms in total. The fourth-order valence-corrected chi connectivity index (χ4v) is 3.52. The van der Waals surface area contributed by atoms with E-state index in [0.717, 1.165) is 12.1 Å². The monoisotopic (exact) mass is 382 g/mol. The standard InChI is InChI=1S/C16H18N4O3S.ClH/c1-10-11(2)19(8-7-17-10)16(21)14-9-24-15(18-14)12-3-5-13(6-4-12)20(22)23;/h3-6,9-11,17H,7-8H2,1-2H3;1H. The molecule has 0 aliphatic carbocycles. The van der Waals surface area contributed by atoms with Gasteiger partial charge in [-0.2, -0.15) is 0 Å². The van der Waals surface area contributed by atoms with Crippen molar-refractivity contribution in [2.24, 2.45) is 0 Å². The predicted octanol–water partition coefficient (Wildman–Crippen LogP) is 2.96. The van der Waals surface area contributed by atoms with Gasteiger partial charge in [-0.3, -0.25) is 14.9 Å².